The molecule has 1 aromatic heterocycles. The molecule has 0 aromatic carbocycles. The lowest BCUT2D eigenvalue weighted by molar-refractivity contribution is -0.135. The summed E-state index contributed by atoms with van der Waals surface area (Å²) in [6.07, 6.45) is 2.50. The number of aliphatic hydroxyl groups excluding tert-OH is 1. The predicted octanol–water partition coefficient (Wildman–Crippen LogP) is 3.97. The van der Waals surface area contributed by atoms with E-state index in [0.29, 0.717) is 24.7 Å². The van der Waals surface area contributed by atoms with Gasteiger partial charge in [0, 0.05) is 36.8 Å². The Morgan fingerprint density at radius 2 is 2.06 bits per heavy atom. The van der Waals surface area contributed by atoms with Crippen molar-refractivity contribution >= 4 is 28.3 Å². The fourth-order valence-corrected chi connectivity index (χ4v) is 7.16. The number of carbonyl (C=O) groups excluding carboxylic acids is 2. The van der Waals surface area contributed by atoms with E-state index in [2.05, 4.69) is 24.5 Å². The highest BCUT2D eigenvalue weighted by atomic mass is 32.1. The van der Waals surface area contributed by atoms with Gasteiger partial charge in [0.2, 0.25) is 11.8 Å². The molecule has 2 aliphatic carbocycles. The Bertz CT molecular complexity index is 864. The average Bonchev–Trinajstić information content (AvgIpc) is 3.07. The van der Waals surface area contributed by atoms with Crippen LogP contribution in [0.1, 0.15) is 77.3 Å². The molecule has 186 valence electrons. The number of anilines is 1. The molecule has 1 aromatic rings. The third kappa shape index (κ3) is 5.77. The lowest BCUT2D eigenvalue weighted by atomic mass is 9.53. The number of thiazole rings is 1. The highest BCUT2D eigenvalue weighted by Gasteiger charge is 2.53. The minimum atomic E-state index is -0.573. The third-order valence-corrected chi connectivity index (χ3v) is 8.51. The maximum Gasteiger partial charge on any atom is 0.226 e. The quantitative estimate of drug-likeness (QED) is 0.514. The second-order valence-electron chi connectivity index (χ2n) is 11.5. The summed E-state index contributed by atoms with van der Waals surface area (Å²) in [6, 6.07) is 0. The molecule has 3 N–H and O–H groups in total. The van der Waals surface area contributed by atoms with E-state index in [1.807, 2.05) is 27.7 Å². The zero-order valence-corrected chi connectivity index (χ0v) is 22.0. The lowest BCUT2D eigenvalue weighted by Gasteiger charge is -2.53. The molecule has 0 radical (unpaired) electrons. The summed E-state index contributed by atoms with van der Waals surface area (Å²) >= 11 is 1.57. The van der Waals surface area contributed by atoms with Gasteiger partial charge in [0.05, 0.1) is 18.4 Å². The molecule has 1 fully saturated rings. The van der Waals surface area contributed by atoms with E-state index >= 15 is 0 Å². The van der Waals surface area contributed by atoms with Gasteiger partial charge in [-0.25, -0.2) is 4.98 Å². The van der Waals surface area contributed by atoms with Gasteiger partial charge >= 0.3 is 0 Å². The Morgan fingerprint density at radius 1 is 1.36 bits per heavy atom. The number of nitrogens with zero attached hydrogens (tertiary/aromatic N) is 1. The summed E-state index contributed by atoms with van der Waals surface area (Å²) in [5, 5.41) is 18.1. The number of nitrogens with one attached hydrogen (secondary N) is 2. The van der Waals surface area contributed by atoms with Gasteiger partial charge in [-0.05, 0) is 41.9 Å². The minimum absolute atomic E-state index is 0.0155. The van der Waals surface area contributed by atoms with Crippen LogP contribution in [0.15, 0.2) is 0 Å². The van der Waals surface area contributed by atoms with E-state index in [0.717, 1.165) is 25.0 Å². The SMILES string of the molecule is COCCNC(=O)[C@@H](C)[C@@H]1CC[C@]2(C)Cc3sc(NC(=O)CC(C)(C)C)nc3[C@@H](C)[C@@H]2[C@H]1O. The van der Waals surface area contributed by atoms with Crippen molar-refractivity contribution in [3.63, 3.8) is 0 Å². The van der Waals surface area contributed by atoms with Gasteiger partial charge in [0.25, 0.3) is 0 Å². The van der Waals surface area contributed by atoms with E-state index < -0.39 is 6.10 Å². The zero-order chi connectivity index (χ0) is 24.6. The van der Waals surface area contributed by atoms with Gasteiger partial charge < -0.3 is 20.5 Å². The van der Waals surface area contributed by atoms with Crippen molar-refractivity contribution < 1.29 is 19.4 Å². The van der Waals surface area contributed by atoms with Crippen LogP contribution in [0.2, 0.25) is 0 Å². The molecule has 8 heteroatoms. The highest BCUT2D eigenvalue weighted by Crippen LogP contribution is 2.57. The number of fused-ring (bicyclic) bond motifs is 2. The maximum absolute atomic E-state index is 12.7. The number of methoxy groups -OCH3 is 1. The molecular weight excluding hydrogens is 438 g/mol. The smallest absolute Gasteiger partial charge is 0.226 e. The first kappa shape index (κ1) is 26.1. The van der Waals surface area contributed by atoms with Gasteiger partial charge in [-0.2, -0.15) is 0 Å². The van der Waals surface area contributed by atoms with Crippen LogP contribution in [-0.2, 0) is 20.7 Å². The van der Waals surface area contributed by atoms with Crippen LogP contribution in [0.5, 0.6) is 0 Å². The fourth-order valence-electron chi connectivity index (χ4n) is 5.88. The monoisotopic (exact) mass is 479 g/mol. The molecule has 2 aliphatic rings. The maximum atomic E-state index is 12.7. The zero-order valence-electron chi connectivity index (χ0n) is 21.2. The number of aliphatic hydroxyl groups is 1. The largest absolute Gasteiger partial charge is 0.392 e. The highest BCUT2D eigenvalue weighted by molar-refractivity contribution is 7.15. The molecule has 33 heavy (non-hydrogen) atoms. The molecule has 1 saturated carbocycles. The number of amides is 2. The Labute approximate surface area is 202 Å². The van der Waals surface area contributed by atoms with Crippen LogP contribution in [0, 0.1) is 28.6 Å². The molecule has 1 heterocycles. The van der Waals surface area contributed by atoms with E-state index in [1.54, 1.807) is 18.4 Å². The van der Waals surface area contributed by atoms with Gasteiger partial charge in [-0.3, -0.25) is 9.59 Å². The summed E-state index contributed by atoms with van der Waals surface area (Å²) in [7, 11) is 1.61. The van der Waals surface area contributed by atoms with E-state index in [4.69, 9.17) is 9.72 Å². The van der Waals surface area contributed by atoms with Gasteiger partial charge in [-0.1, -0.05) is 41.5 Å². The van der Waals surface area contributed by atoms with Crippen LogP contribution in [-0.4, -0.2) is 48.3 Å². The Kier molecular flexibility index (Phi) is 7.91. The van der Waals surface area contributed by atoms with E-state index in [1.165, 1.54) is 4.88 Å². The van der Waals surface area contributed by atoms with Crippen molar-refractivity contribution in [1.82, 2.24) is 10.3 Å². The first-order chi connectivity index (χ1) is 15.4. The standard InChI is InChI=1S/C25H41N3O4S/c1-14(22(31)26-10-11-32-7)16-8-9-25(6)12-17-20(15(2)19(25)21(16)30)28-23(33-17)27-18(29)13-24(3,4)5/h14-16,19,21,30H,8-13H2,1-7H3,(H,26,31)(H,27,28,29)/t14-,15-,16-,19+,21-,25+/m0/s1. The number of hydrogen-bond acceptors (Lipinski definition) is 6. The normalized spacial score (nSPS) is 30.2. The van der Waals surface area contributed by atoms with Crippen molar-refractivity contribution in [2.75, 3.05) is 25.6 Å². The summed E-state index contributed by atoms with van der Waals surface area (Å²) in [5.41, 5.74) is 0.862. The molecule has 7 nitrogen and oxygen atoms in total. The molecule has 0 aliphatic heterocycles. The van der Waals surface area contributed by atoms with Crippen molar-refractivity contribution in [2.45, 2.75) is 79.2 Å². The number of rotatable bonds is 7. The molecule has 2 amide bonds. The summed E-state index contributed by atoms with van der Waals surface area (Å²) < 4.78 is 5.02. The fraction of sp³-hybridized carbons (Fsp3) is 0.800. The average molecular weight is 480 g/mol. The van der Waals surface area contributed by atoms with E-state index in [9.17, 15) is 14.7 Å². The van der Waals surface area contributed by atoms with Crippen molar-refractivity contribution in [2.24, 2.45) is 28.6 Å². The molecule has 0 bridgehead atoms. The number of ether oxygens (including phenoxy) is 1. The predicted molar refractivity (Wildman–Crippen MR) is 131 cm³/mol. The van der Waals surface area contributed by atoms with Crippen LogP contribution in [0.4, 0.5) is 5.13 Å². The lowest BCUT2D eigenvalue weighted by Crippen LogP contribution is -2.53. The Hall–Kier alpha value is -1.51. The second kappa shape index (κ2) is 10.0. The molecular formula is C25H41N3O4S. The molecule has 0 unspecified atom stereocenters. The van der Waals surface area contributed by atoms with Crippen LogP contribution in [0.25, 0.3) is 0 Å². The molecule has 0 spiro atoms. The molecule has 3 rings (SSSR count). The molecule has 0 saturated heterocycles. The van der Waals surface area contributed by atoms with Gasteiger partial charge in [0.1, 0.15) is 0 Å². The van der Waals surface area contributed by atoms with Crippen molar-refractivity contribution in [3.05, 3.63) is 10.6 Å². The Morgan fingerprint density at radius 3 is 2.70 bits per heavy atom. The van der Waals surface area contributed by atoms with Crippen LogP contribution >= 0.6 is 11.3 Å². The minimum Gasteiger partial charge on any atom is -0.392 e. The van der Waals surface area contributed by atoms with Crippen molar-refractivity contribution in [1.29, 1.82) is 0 Å². The Balaban J connectivity index is 1.76. The van der Waals surface area contributed by atoms with Gasteiger partial charge in [0.15, 0.2) is 5.13 Å². The summed E-state index contributed by atoms with van der Waals surface area (Å²) in [5.74, 6) is -0.306. The molecule has 6 atom stereocenters. The number of aromatic nitrogens is 1. The van der Waals surface area contributed by atoms with Crippen molar-refractivity contribution in [3.8, 4) is 0 Å². The first-order valence-corrected chi connectivity index (χ1v) is 12.9. The van der Waals surface area contributed by atoms with Crippen LogP contribution < -0.4 is 10.6 Å². The van der Waals surface area contributed by atoms with Gasteiger partial charge in [-0.15, -0.1) is 11.3 Å². The number of hydrogen-bond donors (Lipinski definition) is 3. The number of carbonyl (C=O) groups is 2. The third-order valence-electron chi connectivity index (χ3n) is 7.52. The summed E-state index contributed by atoms with van der Waals surface area (Å²) in [6.45, 7) is 13.4. The summed E-state index contributed by atoms with van der Waals surface area (Å²) in [4.78, 5) is 31.1. The second-order valence-corrected chi connectivity index (χ2v) is 12.6. The van der Waals surface area contributed by atoms with Crippen LogP contribution in [0.3, 0.4) is 0 Å². The topological polar surface area (TPSA) is 101 Å². The first-order valence-electron chi connectivity index (χ1n) is 12.1. The van der Waals surface area contributed by atoms with E-state index in [-0.39, 0.29) is 46.3 Å².